The lowest BCUT2D eigenvalue weighted by Gasteiger charge is -2.25. The fourth-order valence-corrected chi connectivity index (χ4v) is 2.88. The van der Waals surface area contributed by atoms with Crippen LogP contribution in [0.5, 0.6) is 0 Å². The van der Waals surface area contributed by atoms with E-state index >= 15 is 0 Å². The maximum Gasteiger partial charge on any atom is 0.416 e. The third-order valence-electron chi connectivity index (χ3n) is 4.57. The van der Waals surface area contributed by atoms with Crippen LogP contribution in [0, 0.1) is 13.8 Å². The van der Waals surface area contributed by atoms with Crippen LogP contribution in [0.25, 0.3) is 0 Å². The van der Waals surface area contributed by atoms with Crippen LogP contribution in [-0.2, 0) is 11.3 Å². The normalized spacial score (nSPS) is 16.4. The van der Waals surface area contributed by atoms with Crippen molar-refractivity contribution in [3.63, 3.8) is 0 Å². The first-order valence-corrected chi connectivity index (χ1v) is 7.83. The van der Waals surface area contributed by atoms with Gasteiger partial charge in [0.15, 0.2) is 0 Å². The van der Waals surface area contributed by atoms with Crippen LogP contribution in [0.4, 0.5) is 16.2 Å². The van der Waals surface area contributed by atoms with Gasteiger partial charge in [-0.05, 0) is 49.6 Å². The zero-order valence-electron chi connectivity index (χ0n) is 14.0. The van der Waals surface area contributed by atoms with Crippen LogP contribution in [0.1, 0.15) is 23.6 Å². The molecule has 1 atom stereocenters. The lowest BCUT2D eigenvalue weighted by Crippen LogP contribution is -2.42. The molecule has 3 rings (SSSR count). The number of ether oxygens (including phenoxy) is 1. The van der Waals surface area contributed by atoms with Crippen LogP contribution in [0.2, 0.25) is 0 Å². The van der Waals surface area contributed by atoms with E-state index in [2.05, 4.69) is 30.9 Å². The molecule has 2 aromatic rings. The van der Waals surface area contributed by atoms with Crippen molar-refractivity contribution in [2.75, 3.05) is 16.8 Å². The molecule has 120 valence electrons. The van der Waals surface area contributed by atoms with Crippen LogP contribution in [0.15, 0.2) is 42.5 Å². The van der Waals surface area contributed by atoms with Gasteiger partial charge in [0.2, 0.25) is 0 Å². The van der Waals surface area contributed by atoms with E-state index < -0.39 is 0 Å². The van der Waals surface area contributed by atoms with Crippen LogP contribution in [-0.4, -0.2) is 19.3 Å². The summed E-state index contributed by atoms with van der Waals surface area (Å²) in [5.74, 6) is 0. The van der Waals surface area contributed by atoms with Crippen LogP contribution in [0.3, 0.4) is 0 Å². The highest BCUT2D eigenvalue weighted by Gasteiger charge is 2.36. The maximum absolute atomic E-state index is 12.6. The van der Waals surface area contributed by atoms with Gasteiger partial charge >= 0.3 is 6.09 Å². The summed E-state index contributed by atoms with van der Waals surface area (Å²) in [6, 6.07) is 13.9. The van der Waals surface area contributed by atoms with Gasteiger partial charge in [-0.15, -0.1) is 0 Å². The lowest BCUT2D eigenvalue weighted by atomic mass is 10.1. The van der Waals surface area contributed by atoms with Crippen molar-refractivity contribution in [1.29, 1.82) is 0 Å². The Kier molecular flexibility index (Phi) is 3.99. The first-order chi connectivity index (χ1) is 11.0. The second-order valence-corrected chi connectivity index (χ2v) is 6.08. The molecule has 0 saturated carbocycles. The third kappa shape index (κ3) is 2.77. The molecule has 0 bridgehead atoms. The van der Waals surface area contributed by atoms with E-state index in [1.165, 1.54) is 11.1 Å². The smallest absolute Gasteiger partial charge is 0.416 e. The number of nitrogens with zero attached hydrogens (tertiary/aromatic N) is 2. The summed E-state index contributed by atoms with van der Waals surface area (Å²) in [4.78, 5) is 16.4. The minimum Gasteiger partial charge on any atom is -0.444 e. The monoisotopic (exact) mass is 310 g/mol. The summed E-state index contributed by atoms with van der Waals surface area (Å²) in [5.41, 5.74) is 5.37. The minimum atomic E-state index is -0.310. The summed E-state index contributed by atoms with van der Waals surface area (Å²) in [5, 5.41) is 0. The zero-order valence-corrected chi connectivity index (χ0v) is 14.0. The number of fused-ring (bicyclic) bond motifs is 1. The summed E-state index contributed by atoms with van der Waals surface area (Å²) in [6.07, 6.45) is -0.371. The average molecular weight is 310 g/mol. The zero-order chi connectivity index (χ0) is 16.6. The predicted molar refractivity (Wildman–Crippen MR) is 92.9 cm³/mol. The minimum absolute atomic E-state index is 0.0607. The number of amides is 1. The van der Waals surface area contributed by atoms with Crippen molar-refractivity contribution >= 4 is 17.5 Å². The second kappa shape index (κ2) is 5.95. The lowest BCUT2D eigenvalue weighted by molar-refractivity contribution is 0.145. The molecular formula is C19H22N2O2. The van der Waals surface area contributed by atoms with Gasteiger partial charge in [-0.25, -0.2) is 4.79 Å². The van der Waals surface area contributed by atoms with Crippen molar-refractivity contribution in [3.8, 4) is 0 Å². The van der Waals surface area contributed by atoms with Crippen molar-refractivity contribution in [2.24, 2.45) is 0 Å². The van der Waals surface area contributed by atoms with Gasteiger partial charge in [-0.2, -0.15) is 0 Å². The number of carbonyl (C=O) groups is 1. The molecule has 0 N–H and O–H groups in total. The summed E-state index contributed by atoms with van der Waals surface area (Å²) < 4.78 is 5.52. The van der Waals surface area contributed by atoms with E-state index in [0.29, 0.717) is 0 Å². The van der Waals surface area contributed by atoms with E-state index in [1.807, 2.05) is 44.3 Å². The molecule has 0 aliphatic carbocycles. The second-order valence-electron chi connectivity index (χ2n) is 6.08. The number of aryl methyl sites for hydroxylation is 2. The Morgan fingerprint density at radius 2 is 1.70 bits per heavy atom. The van der Waals surface area contributed by atoms with E-state index in [9.17, 15) is 4.79 Å². The van der Waals surface area contributed by atoms with E-state index in [0.717, 1.165) is 16.9 Å². The molecule has 1 heterocycles. The van der Waals surface area contributed by atoms with E-state index in [-0.39, 0.29) is 18.9 Å². The third-order valence-corrected chi connectivity index (χ3v) is 4.57. The van der Waals surface area contributed by atoms with Crippen LogP contribution < -0.4 is 9.80 Å². The highest BCUT2D eigenvalue weighted by atomic mass is 16.6. The van der Waals surface area contributed by atoms with Gasteiger partial charge in [-0.3, -0.25) is 4.90 Å². The number of carbonyl (C=O) groups excluding carboxylic acids is 1. The molecule has 4 nitrogen and oxygen atoms in total. The molecule has 4 heteroatoms. The maximum atomic E-state index is 12.6. The summed E-state index contributed by atoms with van der Waals surface area (Å²) in [6.45, 7) is 6.44. The van der Waals surface area contributed by atoms with Gasteiger partial charge < -0.3 is 9.64 Å². The predicted octanol–water partition coefficient (Wildman–Crippen LogP) is 4.24. The number of rotatable bonds is 2. The van der Waals surface area contributed by atoms with Crippen LogP contribution >= 0.6 is 0 Å². The molecular weight excluding hydrogens is 288 g/mol. The van der Waals surface area contributed by atoms with E-state index in [4.69, 9.17) is 4.74 Å². The topological polar surface area (TPSA) is 32.8 Å². The molecule has 0 radical (unpaired) electrons. The molecule has 1 amide bonds. The molecule has 0 aromatic heterocycles. The largest absolute Gasteiger partial charge is 0.444 e. The molecule has 2 aromatic carbocycles. The first-order valence-electron chi connectivity index (χ1n) is 7.83. The molecule has 0 spiro atoms. The Labute approximate surface area is 137 Å². The summed E-state index contributed by atoms with van der Waals surface area (Å²) >= 11 is 0. The fraction of sp³-hybridized carbons (Fsp3) is 0.316. The Morgan fingerprint density at radius 3 is 2.35 bits per heavy atom. The van der Waals surface area contributed by atoms with Crippen molar-refractivity contribution < 1.29 is 9.53 Å². The Hall–Kier alpha value is -2.49. The van der Waals surface area contributed by atoms with Gasteiger partial charge in [0.25, 0.3) is 0 Å². The highest BCUT2D eigenvalue weighted by molar-refractivity contribution is 5.97. The number of hydrogen-bond acceptors (Lipinski definition) is 3. The van der Waals surface area contributed by atoms with E-state index in [1.54, 1.807) is 4.90 Å². The number of hydrogen-bond donors (Lipinski definition) is 0. The molecule has 1 unspecified atom stereocenters. The molecule has 23 heavy (non-hydrogen) atoms. The van der Waals surface area contributed by atoms with Gasteiger partial charge in [0.05, 0.1) is 11.4 Å². The average Bonchev–Trinajstić information content (AvgIpc) is 2.78. The number of anilines is 2. The fourth-order valence-electron chi connectivity index (χ4n) is 2.88. The van der Waals surface area contributed by atoms with Gasteiger partial charge in [0.1, 0.15) is 12.8 Å². The Balaban J connectivity index is 1.83. The number of benzene rings is 2. The Bertz CT molecular complexity index is 728. The van der Waals surface area contributed by atoms with Crippen molar-refractivity contribution in [3.05, 3.63) is 59.2 Å². The quantitative estimate of drug-likeness (QED) is 0.831. The highest BCUT2D eigenvalue weighted by Crippen LogP contribution is 2.40. The molecule has 0 saturated heterocycles. The molecule has 1 aliphatic heterocycles. The Morgan fingerprint density at radius 1 is 1.09 bits per heavy atom. The SMILES string of the molecule is Cc1cc2c(cc1C)N(C(=O)OCc1ccccc1)C(C)N2C. The molecule has 0 fully saturated rings. The van der Waals surface area contributed by atoms with Crippen molar-refractivity contribution in [1.82, 2.24) is 0 Å². The van der Waals surface area contributed by atoms with Gasteiger partial charge in [-0.1, -0.05) is 30.3 Å². The summed E-state index contributed by atoms with van der Waals surface area (Å²) in [7, 11) is 2.00. The van der Waals surface area contributed by atoms with Gasteiger partial charge in [0, 0.05) is 7.05 Å². The first kappa shape index (κ1) is 15.4. The van der Waals surface area contributed by atoms with Crippen molar-refractivity contribution in [2.45, 2.75) is 33.5 Å². The standard InChI is InChI=1S/C19H22N2O2/c1-13-10-17-18(11-14(13)2)21(15(3)20(17)4)19(22)23-12-16-8-6-5-7-9-16/h5-11,15H,12H2,1-4H3. The molecule has 1 aliphatic rings.